The van der Waals surface area contributed by atoms with Gasteiger partial charge in [-0.25, -0.2) is 4.98 Å². The van der Waals surface area contributed by atoms with E-state index in [2.05, 4.69) is 41.2 Å². The first kappa shape index (κ1) is 20.7. The van der Waals surface area contributed by atoms with Crippen LogP contribution in [-0.4, -0.2) is 41.2 Å². The molecule has 2 aromatic rings. The van der Waals surface area contributed by atoms with Crippen LogP contribution in [-0.2, 0) is 16.1 Å². The van der Waals surface area contributed by atoms with Crippen LogP contribution in [0.5, 0.6) is 0 Å². The third-order valence-electron chi connectivity index (χ3n) is 4.65. The summed E-state index contributed by atoms with van der Waals surface area (Å²) in [6.45, 7) is 12.3. The predicted octanol–water partition coefficient (Wildman–Crippen LogP) is 3.85. The second kappa shape index (κ2) is 9.01. The number of thiazole rings is 1. The summed E-state index contributed by atoms with van der Waals surface area (Å²) in [5, 5.41) is 4.01. The molecule has 0 radical (unpaired) electrons. The molecule has 2 atom stereocenters. The van der Waals surface area contributed by atoms with E-state index in [-0.39, 0.29) is 18.1 Å². The van der Waals surface area contributed by atoms with E-state index in [1.165, 1.54) is 0 Å². The average molecular weight is 403 g/mol. The number of carbonyl (C=O) groups is 1. The van der Waals surface area contributed by atoms with E-state index in [1.807, 2.05) is 20.8 Å². The second-order valence-electron chi connectivity index (χ2n) is 7.60. The maximum atomic E-state index is 12.0. The third-order valence-corrected chi connectivity index (χ3v) is 5.86. The first-order valence-electron chi connectivity index (χ1n) is 9.98. The van der Waals surface area contributed by atoms with Crippen molar-refractivity contribution in [1.29, 1.82) is 0 Å². The van der Waals surface area contributed by atoms with Crippen LogP contribution in [0.2, 0.25) is 0 Å². The van der Waals surface area contributed by atoms with Crippen LogP contribution in [0.25, 0.3) is 10.4 Å². The molecule has 2 aromatic heterocycles. The van der Waals surface area contributed by atoms with Crippen LogP contribution in [0.3, 0.4) is 0 Å². The second-order valence-corrected chi connectivity index (χ2v) is 8.58. The number of nitrogens with zero attached hydrogens (tertiary/aromatic N) is 3. The molecule has 6 nitrogen and oxygen atoms in total. The largest absolute Gasteiger partial charge is 0.372 e. The molecule has 1 N–H and O–H groups in total. The lowest BCUT2D eigenvalue weighted by atomic mass is 10.1. The Bertz CT molecular complexity index is 806. The Hall–Kier alpha value is -1.99. The molecule has 1 saturated heterocycles. The van der Waals surface area contributed by atoms with Gasteiger partial charge in [0.05, 0.1) is 29.3 Å². The van der Waals surface area contributed by atoms with E-state index in [1.54, 1.807) is 11.3 Å². The summed E-state index contributed by atoms with van der Waals surface area (Å²) < 4.78 is 5.87. The summed E-state index contributed by atoms with van der Waals surface area (Å²) in [6, 6.07) is 4.18. The summed E-state index contributed by atoms with van der Waals surface area (Å²) in [7, 11) is 0. The highest BCUT2D eigenvalue weighted by molar-refractivity contribution is 7.19. The number of aromatic nitrogens is 2. The van der Waals surface area contributed by atoms with Crippen molar-refractivity contribution in [2.24, 2.45) is 0 Å². The van der Waals surface area contributed by atoms with E-state index < -0.39 is 0 Å². The summed E-state index contributed by atoms with van der Waals surface area (Å²) in [5.41, 5.74) is 4.00. The fourth-order valence-electron chi connectivity index (χ4n) is 3.62. The van der Waals surface area contributed by atoms with Crippen molar-refractivity contribution >= 4 is 22.4 Å². The lowest BCUT2D eigenvalue weighted by Crippen LogP contribution is -2.45. The highest BCUT2D eigenvalue weighted by atomic mass is 32.1. The Morgan fingerprint density at radius 2 is 1.86 bits per heavy atom. The maximum absolute atomic E-state index is 12.0. The molecule has 3 rings (SSSR count). The SMILES string of the molecule is CCCC(=O)NCc1nc(N2CC(C)OC(C)C2)sc1-c1cc(C)nc(C)c1. The number of amides is 1. The van der Waals surface area contributed by atoms with Crippen molar-refractivity contribution < 1.29 is 9.53 Å². The molecule has 0 aliphatic carbocycles. The summed E-state index contributed by atoms with van der Waals surface area (Å²) in [5.74, 6) is 0.0682. The zero-order chi connectivity index (χ0) is 20.3. The van der Waals surface area contributed by atoms with Crippen LogP contribution < -0.4 is 10.2 Å². The van der Waals surface area contributed by atoms with Crippen LogP contribution in [0, 0.1) is 13.8 Å². The molecule has 7 heteroatoms. The Morgan fingerprint density at radius 1 is 1.21 bits per heavy atom. The zero-order valence-corrected chi connectivity index (χ0v) is 18.2. The van der Waals surface area contributed by atoms with Crippen molar-refractivity contribution in [3.05, 3.63) is 29.2 Å². The van der Waals surface area contributed by atoms with Crippen molar-refractivity contribution in [3.63, 3.8) is 0 Å². The topological polar surface area (TPSA) is 67.4 Å². The van der Waals surface area contributed by atoms with E-state index >= 15 is 0 Å². The first-order chi connectivity index (χ1) is 13.4. The van der Waals surface area contributed by atoms with E-state index in [4.69, 9.17) is 9.72 Å². The molecule has 0 spiro atoms. The van der Waals surface area contributed by atoms with E-state index in [9.17, 15) is 4.79 Å². The molecule has 2 unspecified atom stereocenters. The van der Waals surface area contributed by atoms with Gasteiger partial charge in [-0.15, -0.1) is 0 Å². The standard InChI is InChI=1S/C21H30N4O2S/c1-6-7-19(26)22-10-18-20(17-8-13(2)23-14(3)9-17)28-21(24-18)25-11-15(4)27-16(5)12-25/h8-9,15-16H,6-7,10-12H2,1-5H3,(H,22,26). The number of rotatable bonds is 6. The average Bonchev–Trinajstić information content (AvgIpc) is 3.03. The van der Waals surface area contributed by atoms with E-state index in [0.29, 0.717) is 13.0 Å². The number of carbonyl (C=O) groups excluding carboxylic acids is 1. The molecule has 1 aliphatic heterocycles. The maximum Gasteiger partial charge on any atom is 0.220 e. The fraction of sp³-hybridized carbons (Fsp3) is 0.571. The van der Waals surface area contributed by atoms with Crippen LogP contribution >= 0.6 is 11.3 Å². The summed E-state index contributed by atoms with van der Waals surface area (Å²) in [4.78, 5) is 24.8. The molecule has 152 valence electrons. The van der Waals surface area contributed by atoms with Gasteiger partial charge in [0.25, 0.3) is 0 Å². The molecule has 1 aliphatic rings. The molecular formula is C21H30N4O2S. The number of hydrogen-bond acceptors (Lipinski definition) is 6. The van der Waals surface area contributed by atoms with Crippen molar-refractivity contribution in [3.8, 4) is 10.4 Å². The number of pyridine rings is 1. The normalized spacial score (nSPS) is 19.7. The minimum absolute atomic E-state index is 0.0682. The predicted molar refractivity (Wildman–Crippen MR) is 114 cm³/mol. The minimum Gasteiger partial charge on any atom is -0.372 e. The smallest absolute Gasteiger partial charge is 0.220 e. The molecule has 1 amide bonds. The Labute approximate surface area is 171 Å². The molecule has 0 aromatic carbocycles. The van der Waals surface area contributed by atoms with Gasteiger partial charge in [-0.2, -0.15) is 0 Å². The number of hydrogen-bond donors (Lipinski definition) is 1. The van der Waals surface area contributed by atoms with Gasteiger partial charge in [-0.1, -0.05) is 18.3 Å². The third kappa shape index (κ3) is 5.08. The highest BCUT2D eigenvalue weighted by Crippen LogP contribution is 2.36. The van der Waals surface area contributed by atoms with Gasteiger partial charge in [0.2, 0.25) is 5.91 Å². The number of anilines is 1. The molecule has 3 heterocycles. The van der Waals surface area contributed by atoms with Gasteiger partial charge in [-0.05, 0) is 51.8 Å². The fourth-order valence-corrected chi connectivity index (χ4v) is 4.71. The summed E-state index contributed by atoms with van der Waals surface area (Å²) >= 11 is 1.69. The molecule has 1 fully saturated rings. The Kier molecular flexibility index (Phi) is 6.67. The van der Waals surface area contributed by atoms with Crippen LogP contribution in [0.1, 0.15) is 50.7 Å². The number of nitrogens with one attached hydrogen (secondary N) is 1. The van der Waals surface area contributed by atoms with Gasteiger partial charge < -0.3 is 15.0 Å². The minimum atomic E-state index is 0.0682. The number of ether oxygens (including phenoxy) is 1. The monoisotopic (exact) mass is 402 g/mol. The number of aryl methyl sites for hydroxylation is 2. The van der Waals surface area contributed by atoms with Crippen molar-refractivity contribution in [2.75, 3.05) is 18.0 Å². The zero-order valence-electron chi connectivity index (χ0n) is 17.4. The van der Waals surface area contributed by atoms with Gasteiger partial charge in [0.15, 0.2) is 5.13 Å². The summed E-state index contributed by atoms with van der Waals surface area (Å²) in [6.07, 6.45) is 1.73. The van der Waals surface area contributed by atoms with E-state index in [0.717, 1.165) is 52.2 Å². The van der Waals surface area contributed by atoms with Gasteiger partial charge in [0.1, 0.15) is 0 Å². The molecule has 0 bridgehead atoms. The first-order valence-corrected chi connectivity index (χ1v) is 10.8. The van der Waals surface area contributed by atoms with Crippen molar-refractivity contribution in [2.45, 2.75) is 66.2 Å². The molecule has 28 heavy (non-hydrogen) atoms. The van der Waals surface area contributed by atoms with Crippen LogP contribution in [0.15, 0.2) is 12.1 Å². The van der Waals surface area contributed by atoms with Crippen LogP contribution in [0.4, 0.5) is 5.13 Å². The molecular weight excluding hydrogens is 372 g/mol. The highest BCUT2D eigenvalue weighted by Gasteiger charge is 2.26. The molecule has 0 saturated carbocycles. The Morgan fingerprint density at radius 3 is 2.46 bits per heavy atom. The quantitative estimate of drug-likeness (QED) is 0.795. The Balaban J connectivity index is 1.93. The van der Waals surface area contributed by atoms with Gasteiger partial charge in [0, 0.05) is 30.9 Å². The lowest BCUT2D eigenvalue weighted by molar-refractivity contribution is -0.121. The van der Waals surface area contributed by atoms with Gasteiger partial charge >= 0.3 is 0 Å². The number of morpholine rings is 1. The lowest BCUT2D eigenvalue weighted by Gasteiger charge is -2.35. The van der Waals surface area contributed by atoms with Gasteiger partial charge in [-0.3, -0.25) is 9.78 Å². The van der Waals surface area contributed by atoms with Crippen molar-refractivity contribution in [1.82, 2.24) is 15.3 Å².